The number of rotatable bonds is 16. The van der Waals surface area contributed by atoms with E-state index in [1.54, 1.807) is 0 Å². The molecular weight excluding hydrogens is 306 g/mol. The zero-order chi connectivity index (χ0) is 17.9. The predicted molar refractivity (Wildman–Crippen MR) is 95.4 cm³/mol. The molecule has 0 heterocycles. The van der Waals surface area contributed by atoms with Crippen LogP contribution in [-0.2, 0) is 14.3 Å². The molecule has 24 heavy (non-hydrogen) atoms. The van der Waals surface area contributed by atoms with Crippen LogP contribution in [0.2, 0.25) is 0 Å². The smallest absolute Gasteiger partial charge is 0.305 e. The van der Waals surface area contributed by atoms with Crippen LogP contribution in [-0.4, -0.2) is 19.0 Å². The maximum Gasteiger partial charge on any atom is 0.305 e. The molecule has 0 N–H and O–H groups in total. The molecule has 0 unspecified atom stereocenters. The van der Waals surface area contributed by atoms with E-state index in [1.807, 2.05) is 0 Å². The summed E-state index contributed by atoms with van der Waals surface area (Å²) in [5.41, 5.74) is 8.10. The zero-order valence-corrected chi connectivity index (χ0v) is 15.2. The third kappa shape index (κ3) is 16.8. The Morgan fingerprint density at radius 1 is 0.750 bits per heavy atom. The van der Waals surface area contributed by atoms with E-state index in [0.29, 0.717) is 12.8 Å². The van der Waals surface area contributed by atoms with Crippen molar-refractivity contribution in [1.82, 2.24) is 0 Å². The van der Waals surface area contributed by atoms with E-state index in [-0.39, 0.29) is 11.9 Å². The van der Waals surface area contributed by atoms with Crippen molar-refractivity contribution in [2.45, 2.75) is 96.3 Å². The second-order valence-electron chi connectivity index (χ2n) is 6.26. The van der Waals surface area contributed by atoms with E-state index in [9.17, 15) is 9.59 Å². The van der Waals surface area contributed by atoms with Gasteiger partial charge >= 0.3 is 5.97 Å². The molecule has 0 radical (unpaired) electrons. The summed E-state index contributed by atoms with van der Waals surface area (Å²) >= 11 is 0. The first kappa shape index (κ1) is 22.4. The lowest BCUT2D eigenvalue weighted by molar-refractivity contribution is -0.140. The summed E-state index contributed by atoms with van der Waals surface area (Å²) in [6.45, 7) is 0. The lowest BCUT2D eigenvalue weighted by Crippen LogP contribution is -1.99. The average Bonchev–Trinajstić information content (AvgIpc) is 2.58. The molecule has 0 rings (SSSR count). The highest BCUT2D eigenvalue weighted by molar-refractivity contribution is 5.76. The summed E-state index contributed by atoms with van der Waals surface area (Å²) in [6.07, 6.45) is 16.2. The van der Waals surface area contributed by atoms with Gasteiger partial charge in [-0.15, -0.1) is 0 Å². The van der Waals surface area contributed by atoms with Crippen LogP contribution in [0.15, 0.2) is 5.11 Å². The van der Waals surface area contributed by atoms with Gasteiger partial charge < -0.3 is 4.74 Å². The molecule has 6 nitrogen and oxygen atoms in total. The molecule has 0 saturated carbocycles. The number of hydrogen-bond donors (Lipinski definition) is 0. The molecule has 0 aliphatic rings. The van der Waals surface area contributed by atoms with E-state index >= 15 is 0 Å². The Balaban J connectivity index is 3.11. The molecule has 1 amide bonds. The number of amides is 1. The van der Waals surface area contributed by atoms with E-state index in [2.05, 4.69) is 14.8 Å². The summed E-state index contributed by atoms with van der Waals surface area (Å²) in [5, 5.41) is 3.06. The summed E-state index contributed by atoms with van der Waals surface area (Å²) < 4.78 is 4.61. The van der Waals surface area contributed by atoms with E-state index < -0.39 is 0 Å². The highest BCUT2D eigenvalue weighted by atomic mass is 16.5. The van der Waals surface area contributed by atoms with Crippen LogP contribution in [0.1, 0.15) is 96.3 Å². The first-order valence-electron chi connectivity index (χ1n) is 9.35. The first-order chi connectivity index (χ1) is 11.7. The Labute approximate surface area is 146 Å². The van der Waals surface area contributed by atoms with Crippen LogP contribution in [0.3, 0.4) is 0 Å². The Morgan fingerprint density at radius 3 is 1.50 bits per heavy atom. The van der Waals surface area contributed by atoms with Gasteiger partial charge in [0.15, 0.2) is 0 Å². The fourth-order valence-corrected chi connectivity index (χ4v) is 2.69. The molecule has 0 fully saturated rings. The minimum absolute atomic E-state index is 0.0997. The molecule has 0 bridgehead atoms. The number of methoxy groups -OCH3 is 1. The Hall–Kier alpha value is -1.55. The van der Waals surface area contributed by atoms with Crippen LogP contribution in [0.25, 0.3) is 10.4 Å². The molecular formula is C18H33N3O3. The number of hydrogen-bond acceptors (Lipinski definition) is 3. The highest BCUT2D eigenvalue weighted by Crippen LogP contribution is 2.13. The summed E-state index contributed by atoms with van der Waals surface area (Å²) in [4.78, 5) is 24.4. The minimum Gasteiger partial charge on any atom is -0.469 e. The van der Waals surface area contributed by atoms with Crippen molar-refractivity contribution in [3.63, 3.8) is 0 Å². The van der Waals surface area contributed by atoms with E-state index in [4.69, 9.17) is 5.53 Å². The van der Waals surface area contributed by atoms with Crippen molar-refractivity contribution in [2.75, 3.05) is 7.11 Å². The van der Waals surface area contributed by atoms with E-state index in [1.165, 1.54) is 58.5 Å². The molecule has 0 aliphatic carbocycles. The average molecular weight is 339 g/mol. The summed E-state index contributed by atoms with van der Waals surface area (Å²) in [5.74, 6) is -0.444. The lowest BCUT2D eigenvalue weighted by Gasteiger charge is -2.03. The van der Waals surface area contributed by atoms with Gasteiger partial charge in [0.2, 0.25) is 5.91 Å². The third-order valence-corrected chi connectivity index (χ3v) is 4.16. The van der Waals surface area contributed by atoms with Gasteiger partial charge in [-0.05, 0) is 23.5 Å². The van der Waals surface area contributed by atoms with Gasteiger partial charge in [0, 0.05) is 17.8 Å². The number of ether oxygens (including phenoxy) is 1. The molecule has 138 valence electrons. The molecule has 0 aliphatic heterocycles. The number of nitrogens with zero attached hydrogens (tertiary/aromatic N) is 3. The molecule has 0 aromatic carbocycles. The van der Waals surface area contributed by atoms with Crippen molar-refractivity contribution < 1.29 is 14.3 Å². The van der Waals surface area contributed by atoms with Gasteiger partial charge in [-0.25, -0.2) is 0 Å². The van der Waals surface area contributed by atoms with Crippen molar-refractivity contribution in [1.29, 1.82) is 0 Å². The quantitative estimate of drug-likeness (QED) is 0.116. The molecule has 0 atom stereocenters. The van der Waals surface area contributed by atoms with Gasteiger partial charge in [0.25, 0.3) is 0 Å². The molecule has 0 aromatic rings. The van der Waals surface area contributed by atoms with Crippen LogP contribution < -0.4 is 0 Å². The normalized spacial score (nSPS) is 10.2. The van der Waals surface area contributed by atoms with Crippen molar-refractivity contribution in [3.05, 3.63) is 10.4 Å². The monoisotopic (exact) mass is 339 g/mol. The van der Waals surface area contributed by atoms with Gasteiger partial charge in [-0.3, -0.25) is 9.59 Å². The van der Waals surface area contributed by atoms with Crippen LogP contribution in [0.5, 0.6) is 0 Å². The predicted octanol–water partition coefficient (Wildman–Crippen LogP) is 5.85. The fraction of sp³-hybridized carbons (Fsp3) is 0.889. The summed E-state index contributed by atoms with van der Waals surface area (Å²) in [6, 6.07) is 0. The van der Waals surface area contributed by atoms with Gasteiger partial charge in [0.1, 0.15) is 0 Å². The van der Waals surface area contributed by atoms with Crippen molar-refractivity contribution >= 4 is 11.9 Å². The van der Waals surface area contributed by atoms with Gasteiger partial charge in [0.05, 0.1) is 7.11 Å². The number of carbonyl (C=O) groups is 2. The maximum absolute atomic E-state index is 11.0. The van der Waals surface area contributed by atoms with Gasteiger partial charge in [-0.1, -0.05) is 70.6 Å². The number of azide groups is 1. The number of esters is 1. The molecule has 0 aromatic heterocycles. The summed E-state index contributed by atoms with van der Waals surface area (Å²) in [7, 11) is 1.44. The molecule has 6 heteroatoms. The lowest BCUT2D eigenvalue weighted by atomic mass is 10.0. The number of carbonyl (C=O) groups excluding carboxylic acids is 2. The standard InChI is InChI=1S/C18H33N3O3/c1-24-18(23)16-14-12-10-8-6-4-2-3-5-7-9-11-13-15-17(22)20-21-19/h2-16H2,1H3. The maximum atomic E-state index is 11.0. The third-order valence-electron chi connectivity index (χ3n) is 4.16. The van der Waals surface area contributed by atoms with Crippen LogP contribution in [0.4, 0.5) is 0 Å². The second-order valence-corrected chi connectivity index (χ2v) is 6.26. The fourth-order valence-electron chi connectivity index (χ4n) is 2.69. The largest absolute Gasteiger partial charge is 0.469 e. The Kier molecular flexibility index (Phi) is 16.6. The van der Waals surface area contributed by atoms with Gasteiger partial charge in [-0.2, -0.15) is 0 Å². The first-order valence-corrected chi connectivity index (χ1v) is 9.35. The molecule has 0 saturated heterocycles. The SMILES string of the molecule is COC(=O)CCCCCCCCCCCCCCCC(=O)N=[N+]=[N-]. The second kappa shape index (κ2) is 17.8. The number of unbranched alkanes of at least 4 members (excludes halogenated alkanes) is 12. The Bertz CT molecular complexity index is 380. The van der Waals surface area contributed by atoms with Crippen molar-refractivity contribution in [2.24, 2.45) is 5.11 Å². The highest BCUT2D eigenvalue weighted by Gasteiger charge is 1.99. The van der Waals surface area contributed by atoms with Crippen molar-refractivity contribution in [3.8, 4) is 0 Å². The minimum atomic E-state index is -0.345. The van der Waals surface area contributed by atoms with E-state index in [0.717, 1.165) is 32.1 Å². The zero-order valence-electron chi connectivity index (χ0n) is 15.2. The molecule has 0 spiro atoms. The van der Waals surface area contributed by atoms with Crippen LogP contribution >= 0.6 is 0 Å². The Morgan fingerprint density at radius 2 is 1.12 bits per heavy atom. The van der Waals surface area contributed by atoms with Crippen LogP contribution in [0, 0.1) is 0 Å². The topological polar surface area (TPSA) is 92.1 Å².